The first-order chi connectivity index (χ1) is 18.4. The van der Waals surface area contributed by atoms with E-state index in [1.54, 1.807) is 23.5 Å². The average molecular weight is 551 g/mol. The van der Waals surface area contributed by atoms with Gasteiger partial charge in [-0.1, -0.05) is 61.3 Å². The maximum absolute atomic E-state index is 12.4. The third kappa shape index (κ3) is 7.40. The van der Waals surface area contributed by atoms with Gasteiger partial charge in [-0.3, -0.25) is 9.59 Å². The van der Waals surface area contributed by atoms with Crippen LogP contribution >= 0.6 is 22.9 Å². The summed E-state index contributed by atoms with van der Waals surface area (Å²) in [7, 11) is 0. The average Bonchev–Trinajstić information content (AvgIpc) is 3.33. The van der Waals surface area contributed by atoms with Crippen LogP contribution in [0.1, 0.15) is 64.5 Å². The van der Waals surface area contributed by atoms with E-state index in [-0.39, 0.29) is 30.7 Å². The Balaban J connectivity index is 1.51. The quantitative estimate of drug-likeness (QED) is 0.186. The van der Waals surface area contributed by atoms with Crippen LogP contribution in [0.4, 0.5) is 0 Å². The highest BCUT2D eigenvalue weighted by atomic mass is 35.5. The number of thiazole rings is 1. The SMILES string of the molecule is CCCC(c1ccc(C(=O)NCCC(=O)O)cc1)C(COCc1nc2ccccc2s1)c1ccc(Cl)cc1. The number of aromatic nitrogens is 1. The maximum Gasteiger partial charge on any atom is 0.305 e. The predicted molar refractivity (Wildman–Crippen MR) is 152 cm³/mol. The first kappa shape index (κ1) is 27.8. The highest BCUT2D eigenvalue weighted by molar-refractivity contribution is 7.18. The Kier molecular flexibility index (Phi) is 9.87. The van der Waals surface area contributed by atoms with Gasteiger partial charge in [0.15, 0.2) is 0 Å². The van der Waals surface area contributed by atoms with Crippen LogP contribution in [0.5, 0.6) is 0 Å². The van der Waals surface area contributed by atoms with Crippen molar-refractivity contribution < 1.29 is 19.4 Å². The number of para-hydroxylation sites is 1. The molecule has 0 radical (unpaired) electrons. The van der Waals surface area contributed by atoms with E-state index in [1.165, 1.54) is 0 Å². The number of carbonyl (C=O) groups is 2. The molecule has 0 aliphatic carbocycles. The number of amides is 1. The van der Waals surface area contributed by atoms with Gasteiger partial charge in [0.1, 0.15) is 5.01 Å². The molecule has 0 bridgehead atoms. The molecule has 0 aliphatic rings. The molecule has 0 saturated carbocycles. The molecule has 2 atom stereocenters. The number of aliphatic carboxylic acids is 1. The van der Waals surface area contributed by atoms with Crippen LogP contribution in [0.3, 0.4) is 0 Å². The van der Waals surface area contributed by atoms with Crippen LogP contribution in [-0.2, 0) is 16.1 Å². The number of halogens is 1. The number of carbonyl (C=O) groups excluding carboxylic acids is 1. The minimum absolute atomic E-state index is 0.0804. The Bertz CT molecular complexity index is 1320. The van der Waals surface area contributed by atoms with Gasteiger partial charge in [-0.2, -0.15) is 0 Å². The number of nitrogens with zero attached hydrogens (tertiary/aromatic N) is 1. The molecule has 6 nitrogen and oxygen atoms in total. The summed E-state index contributed by atoms with van der Waals surface area (Å²) >= 11 is 7.84. The second-order valence-electron chi connectivity index (χ2n) is 9.17. The van der Waals surface area contributed by atoms with Gasteiger partial charge >= 0.3 is 5.97 Å². The fraction of sp³-hybridized carbons (Fsp3) is 0.300. The number of ether oxygens (including phenoxy) is 1. The molecule has 4 aromatic rings. The Morgan fingerprint density at radius 1 is 1.00 bits per heavy atom. The van der Waals surface area contributed by atoms with Gasteiger partial charge in [-0.05, 0) is 59.9 Å². The highest BCUT2D eigenvalue weighted by Crippen LogP contribution is 2.38. The van der Waals surface area contributed by atoms with Gasteiger partial charge in [-0.25, -0.2) is 4.98 Å². The lowest BCUT2D eigenvalue weighted by Crippen LogP contribution is -2.26. The third-order valence-corrected chi connectivity index (χ3v) is 7.73. The van der Waals surface area contributed by atoms with Crippen LogP contribution in [0.2, 0.25) is 5.02 Å². The number of carboxylic acid groups (broad SMARTS) is 1. The lowest BCUT2D eigenvalue weighted by molar-refractivity contribution is -0.136. The third-order valence-electron chi connectivity index (χ3n) is 6.47. The Morgan fingerprint density at radius 2 is 1.68 bits per heavy atom. The van der Waals surface area contributed by atoms with E-state index in [9.17, 15) is 9.59 Å². The van der Waals surface area contributed by atoms with Crippen molar-refractivity contribution >= 4 is 45.0 Å². The molecule has 0 saturated heterocycles. The maximum atomic E-state index is 12.4. The number of carboxylic acids is 1. The summed E-state index contributed by atoms with van der Waals surface area (Å²) in [5, 5.41) is 13.1. The molecule has 4 rings (SSSR count). The fourth-order valence-corrected chi connectivity index (χ4v) is 5.62. The van der Waals surface area contributed by atoms with Crippen molar-refractivity contribution in [3.63, 3.8) is 0 Å². The van der Waals surface area contributed by atoms with E-state index in [0.29, 0.717) is 23.8 Å². The summed E-state index contributed by atoms with van der Waals surface area (Å²) in [5.74, 6) is -0.975. The van der Waals surface area contributed by atoms with Gasteiger partial charge in [0.25, 0.3) is 5.91 Å². The Hall–Kier alpha value is -3.26. The zero-order chi connectivity index (χ0) is 26.9. The largest absolute Gasteiger partial charge is 0.481 e. The lowest BCUT2D eigenvalue weighted by atomic mass is 9.79. The Morgan fingerprint density at radius 3 is 2.37 bits per heavy atom. The van der Waals surface area contributed by atoms with Gasteiger partial charge < -0.3 is 15.2 Å². The van der Waals surface area contributed by atoms with Crippen molar-refractivity contribution in [2.24, 2.45) is 0 Å². The summed E-state index contributed by atoms with van der Waals surface area (Å²) in [5.41, 5.74) is 3.76. The summed E-state index contributed by atoms with van der Waals surface area (Å²) < 4.78 is 7.42. The smallest absolute Gasteiger partial charge is 0.305 e. The summed E-state index contributed by atoms with van der Waals surface area (Å²) in [6, 6.07) is 23.6. The first-order valence-corrected chi connectivity index (χ1v) is 13.9. The zero-order valence-electron chi connectivity index (χ0n) is 21.2. The molecule has 0 spiro atoms. The van der Waals surface area contributed by atoms with Gasteiger partial charge in [0, 0.05) is 23.0 Å². The molecular formula is C30H31ClN2O4S. The van der Waals surface area contributed by atoms with Gasteiger partial charge in [0.2, 0.25) is 0 Å². The molecule has 3 aromatic carbocycles. The fourth-order valence-electron chi connectivity index (χ4n) is 4.59. The predicted octanol–water partition coefficient (Wildman–Crippen LogP) is 7.04. The Labute approximate surface area is 231 Å². The van der Waals surface area contributed by atoms with Crippen LogP contribution < -0.4 is 5.32 Å². The molecular weight excluding hydrogens is 520 g/mol. The number of hydrogen-bond acceptors (Lipinski definition) is 5. The second kappa shape index (κ2) is 13.5. The monoisotopic (exact) mass is 550 g/mol. The van der Waals surface area contributed by atoms with Crippen molar-refractivity contribution in [3.05, 3.63) is 99.5 Å². The van der Waals surface area contributed by atoms with Crippen molar-refractivity contribution in [2.45, 2.75) is 44.6 Å². The molecule has 1 heterocycles. The van der Waals surface area contributed by atoms with E-state index in [1.807, 2.05) is 42.5 Å². The lowest BCUT2D eigenvalue weighted by Gasteiger charge is -2.28. The number of benzene rings is 3. The number of fused-ring (bicyclic) bond motifs is 1. The summed E-state index contributed by atoms with van der Waals surface area (Å²) in [6.45, 7) is 3.22. The van der Waals surface area contributed by atoms with Gasteiger partial charge in [-0.15, -0.1) is 11.3 Å². The zero-order valence-corrected chi connectivity index (χ0v) is 22.8. The molecule has 2 N–H and O–H groups in total. The molecule has 198 valence electrons. The second-order valence-corrected chi connectivity index (χ2v) is 10.7. The molecule has 38 heavy (non-hydrogen) atoms. The number of nitrogens with one attached hydrogen (secondary N) is 1. The van der Waals surface area contributed by atoms with E-state index < -0.39 is 5.97 Å². The highest BCUT2D eigenvalue weighted by Gasteiger charge is 2.25. The molecule has 2 unspecified atom stereocenters. The standard InChI is InChI=1S/C30H31ClN2O4S/c1-2-5-24(20-8-10-22(11-9-20)30(36)32-17-16-29(34)35)25(21-12-14-23(31)15-13-21)18-37-19-28-33-26-6-3-4-7-27(26)38-28/h3-4,6-15,24-25H,2,5,16-19H2,1H3,(H,32,36)(H,34,35). The summed E-state index contributed by atoms with van der Waals surface area (Å²) in [6.07, 6.45) is 1.83. The van der Waals surface area contributed by atoms with Crippen LogP contribution in [0.25, 0.3) is 10.2 Å². The van der Waals surface area contributed by atoms with E-state index in [4.69, 9.17) is 26.4 Å². The van der Waals surface area contributed by atoms with Crippen LogP contribution in [-0.4, -0.2) is 35.1 Å². The molecule has 1 aromatic heterocycles. The minimum atomic E-state index is -0.943. The van der Waals surface area contributed by atoms with Crippen molar-refractivity contribution in [3.8, 4) is 0 Å². The first-order valence-electron chi connectivity index (χ1n) is 12.7. The summed E-state index contributed by atoms with van der Waals surface area (Å²) in [4.78, 5) is 27.8. The molecule has 8 heteroatoms. The minimum Gasteiger partial charge on any atom is -0.481 e. The molecule has 0 aliphatic heterocycles. The van der Waals surface area contributed by atoms with Crippen molar-refractivity contribution in [2.75, 3.05) is 13.2 Å². The molecule has 0 fully saturated rings. The van der Waals surface area contributed by atoms with E-state index in [0.717, 1.165) is 39.2 Å². The van der Waals surface area contributed by atoms with Crippen LogP contribution in [0.15, 0.2) is 72.8 Å². The number of hydrogen-bond donors (Lipinski definition) is 2. The van der Waals surface area contributed by atoms with Gasteiger partial charge in [0.05, 0.1) is 29.9 Å². The van der Waals surface area contributed by atoms with E-state index in [2.05, 4.69) is 30.4 Å². The van der Waals surface area contributed by atoms with Crippen molar-refractivity contribution in [1.82, 2.24) is 10.3 Å². The molecule has 1 amide bonds. The van der Waals surface area contributed by atoms with Crippen LogP contribution in [0, 0.1) is 0 Å². The van der Waals surface area contributed by atoms with E-state index >= 15 is 0 Å². The normalized spacial score (nSPS) is 12.8. The topological polar surface area (TPSA) is 88.5 Å². The number of rotatable bonds is 13. The van der Waals surface area contributed by atoms with Crippen molar-refractivity contribution in [1.29, 1.82) is 0 Å².